The second-order valence-electron chi connectivity index (χ2n) is 4.98. The van der Waals surface area contributed by atoms with E-state index in [2.05, 4.69) is 4.98 Å². The Hall–Kier alpha value is -2.20. The van der Waals surface area contributed by atoms with Crippen molar-refractivity contribution < 1.29 is 4.79 Å². The molecule has 0 saturated heterocycles. The number of nitrogens with two attached hydrogens (primary N) is 1. The van der Waals surface area contributed by atoms with Gasteiger partial charge in [-0.2, -0.15) is 0 Å². The molecule has 1 amide bonds. The summed E-state index contributed by atoms with van der Waals surface area (Å²) in [6.45, 7) is 1.90. The van der Waals surface area contributed by atoms with E-state index in [-0.39, 0.29) is 5.91 Å². The molecule has 0 aliphatic carbocycles. The fraction of sp³-hybridized carbons (Fsp3) is 0.294. The number of carbonyl (C=O) groups is 1. The van der Waals surface area contributed by atoms with Crippen LogP contribution >= 0.6 is 0 Å². The maximum absolute atomic E-state index is 12.5. The topological polar surface area (TPSA) is 59.2 Å². The molecule has 0 bridgehead atoms. The minimum absolute atomic E-state index is 0.111. The Morgan fingerprint density at radius 2 is 1.86 bits per heavy atom. The van der Waals surface area contributed by atoms with Gasteiger partial charge in [0.2, 0.25) is 5.91 Å². The molecule has 21 heavy (non-hydrogen) atoms. The molecule has 0 unspecified atom stereocenters. The SMILES string of the molecule is NCCCN(Cc1ccccc1)C(=O)Cc1cccnc1. The summed E-state index contributed by atoms with van der Waals surface area (Å²) in [7, 11) is 0. The van der Waals surface area contributed by atoms with Crippen LogP contribution in [0, 0.1) is 0 Å². The first-order valence-electron chi connectivity index (χ1n) is 7.20. The molecule has 2 rings (SSSR count). The van der Waals surface area contributed by atoms with Crippen molar-refractivity contribution in [2.45, 2.75) is 19.4 Å². The molecule has 0 radical (unpaired) electrons. The van der Waals surface area contributed by atoms with Crippen LogP contribution in [0.1, 0.15) is 17.5 Å². The summed E-state index contributed by atoms with van der Waals surface area (Å²) in [6.07, 6.45) is 4.64. The van der Waals surface area contributed by atoms with Gasteiger partial charge in [-0.3, -0.25) is 9.78 Å². The average molecular weight is 283 g/mol. The Morgan fingerprint density at radius 1 is 1.10 bits per heavy atom. The Morgan fingerprint density at radius 3 is 2.52 bits per heavy atom. The van der Waals surface area contributed by atoms with Crippen LogP contribution in [0.3, 0.4) is 0 Å². The van der Waals surface area contributed by atoms with E-state index in [0.29, 0.717) is 26.1 Å². The van der Waals surface area contributed by atoms with Crippen LogP contribution in [-0.4, -0.2) is 28.9 Å². The van der Waals surface area contributed by atoms with Gasteiger partial charge in [0.25, 0.3) is 0 Å². The summed E-state index contributed by atoms with van der Waals surface area (Å²) < 4.78 is 0. The molecule has 1 aromatic carbocycles. The van der Waals surface area contributed by atoms with Crippen molar-refractivity contribution in [3.63, 3.8) is 0 Å². The lowest BCUT2D eigenvalue weighted by Gasteiger charge is -2.22. The third-order valence-corrected chi connectivity index (χ3v) is 3.28. The molecular formula is C17H21N3O. The highest BCUT2D eigenvalue weighted by molar-refractivity contribution is 5.78. The van der Waals surface area contributed by atoms with Crippen molar-refractivity contribution in [2.75, 3.05) is 13.1 Å². The first kappa shape index (κ1) is 15.2. The summed E-state index contributed by atoms with van der Waals surface area (Å²) in [4.78, 5) is 18.4. The van der Waals surface area contributed by atoms with E-state index < -0.39 is 0 Å². The lowest BCUT2D eigenvalue weighted by molar-refractivity contribution is -0.131. The van der Waals surface area contributed by atoms with E-state index in [9.17, 15) is 4.79 Å². The third kappa shape index (κ3) is 5.00. The largest absolute Gasteiger partial charge is 0.338 e. The highest BCUT2D eigenvalue weighted by Crippen LogP contribution is 2.08. The van der Waals surface area contributed by atoms with Gasteiger partial charge in [-0.15, -0.1) is 0 Å². The van der Waals surface area contributed by atoms with E-state index in [1.54, 1.807) is 12.4 Å². The zero-order valence-corrected chi connectivity index (χ0v) is 12.1. The number of hydrogen-bond acceptors (Lipinski definition) is 3. The monoisotopic (exact) mass is 283 g/mol. The first-order chi connectivity index (χ1) is 10.3. The van der Waals surface area contributed by atoms with Gasteiger partial charge in [0.15, 0.2) is 0 Å². The summed E-state index contributed by atoms with van der Waals surface area (Å²) in [5.41, 5.74) is 7.65. The van der Waals surface area contributed by atoms with E-state index >= 15 is 0 Å². The third-order valence-electron chi connectivity index (χ3n) is 3.28. The summed E-state index contributed by atoms with van der Waals surface area (Å²) in [5, 5.41) is 0. The van der Waals surface area contributed by atoms with E-state index in [0.717, 1.165) is 17.5 Å². The predicted molar refractivity (Wildman–Crippen MR) is 83.5 cm³/mol. The Balaban J connectivity index is 2.02. The highest BCUT2D eigenvalue weighted by atomic mass is 16.2. The van der Waals surface area contributed by atoms with Crippen LogP contribution in [0.15, 0.2) is 54.9 Å². The summed E-state index contributed by atoms with van der Waals surface area (Å²) in [5.74, 6) is 0.111. The van der Waals surface area contributed by atoms with Crippen molar-refractivity contribution >= 4 is 5.91 Å². The molecule has 4 nitrogen and oxygen atoms in total. The Bertz CT molecular complexity index is 542. The number of carbonyl (C=O) groups excluding carboxylic acids is 1. The van der Waals surface area contributed by atoms with Crippen LogP contribution in [0.2, 0.25) is 0 Å². The number of pyridine rings is 1. The number of amides is 1. The van der Waals surface area contributed by atoms with Gasteiger partial charge in [-0.1, -0.05) is 36.4 Å². The molecule has 2 aromatic rings. The van der Waals surface area contributed by atoms with Crippen molar-refractivity contribution in [1.29, 1.82) is 0 Å². The smallest absolute Gasteiger partial charge is 0.227 e. The van der Waals surface area contributed by atoms with Crippen LogP contribution in [0.25, 0.3) is 0 Å². The van der Waals surface area contributed by atoms with Crippen molar-refractivity contribution in [3.05, 3.63) is 66.0 Å². The van der Waals surface area contributed by atoms with Crippen LogP contribution in [0.4, 0.5) is 0 Å². The molecule has 2 N–H and O–H groups in total. The molecule has 0 fully saturated rings. The van der Waals surface area contributed by atoms with Gasteiger partial charge in [0.05, 0.1) is 6.42 Å². The zero-order chi connectivity index (χ0) is 14.9. The molecule has 4 heteroatoms. The number of benzene rings is 1. The summed E-state index contributed by atoms with van der Waals surface area (Å²) >= 11 is 0. The highest BCUT2D eigenvalue weighted by Gasteiger charge is 2.14. The lowest BCUT2D eigenvalue weighted by Crippen LogP contribution is -2.33. The number of rotatable bonds is 7. The van der Waals surface area contributed by atoms with Crippen LogP contribution < -0.4 is 5.73 Å². The second-order valence-corrected chi connectivity index (χ2v) is 4.98. The van der Waals surface area contributed by atoms with E-state index in [1.807, 2.05) is 47.4 Å². The normalized spacial score (nSPS) is 10.3. The molecule has 0 aliphatic heterocycles. The molecular weight excluding hydrogens is 262 g/mol. The minimum atomic E-state index is 0.111. The number of nitrogens with zero attached hydrogens (tertiary/aromatic N) is 2. The fourth-order valence-electron chi connectivity index (χ4n) is 2.17. The number of hydrogen-bond donors (Lipinski definition) is 1. The number of aromatic nitrogens is 1. The second kappa shape index (κ2) is 8.17. The predicted octanol–water partition coefficient (Wildman–Crippen LogP) is 2.00. The Labute approximate surface area is 125 Å². The first-order valence-corrected chi connectivity index (χ1v) is 7.20. The molecule has 0 spiro atoms. The minimum Gasteiger partial charge on any atom is -0.338 e. The maximum atomic E-state index is 12.5. The van der Waals surface area contributed by atoms with E-state index in [4.69, 9.17) is 5.73 Å². The quantitative estimate of drug-likeness (QED) is 0.845. The molecule has 1 heterocycles. The van der Waals surface area contributed by atoms with Gasteiger partial charge in [-0.05, 0) is 30.2 Å². The van der Waals surface area contributed by atoms with Gasteiger partial charge in [0.1, 0.15) is 0 Å². The van der Waals surface area contributed by atoms with Gasteiger partial charge >= 0.3 is 0 Å². The van der Waals surface area contributed by atoms with Gasteiger partial charge in [0, 0.05) is 25.5 Å². The molecule has 0 atom stereocenters. The standard InChI is InChI=1S/C17H21N3O/c18-9-5-11-20(14-15-6-2-1-3-7-15)17(21)12-16-8-4-10-19-13-16/h1-4,6-8,10,13H,5,9,11-12,14,18H2. The van der Waals surface area contributed by atoms with Gasteiger partial charge in [-0.25, -0.2) is 0 Å². The molecule has 0 saturated carbocycles. The average Bonchev–Trinajstić information content (AvgIpc) is 2.53. The van der Waals surface area contributed by atoms with Crippen molar-refractivity contribution in [2.24, 2.45) is 5.73 Å². The van der Waals surface area contributed by atoms with Crippen molar-refractivity contribution in [3.8, 4) is 0 Å². The van der Waals surface area contributed by atoms with Crippen LogP contribution in [-0.2, 0) is 17.8 Å². The molecule has 1 aromatic heterocycles. The Kier molecular flexibility index (Phi) is 5.91. The zero-order valence-electron chi connectivity index (χ0n) is 12.1. The maximum Gasteiger partial charge on any atom is 0.227 e. The van der Waals surface area contributed by atoms with Gasteiger partial charge < -0.3 is 10.6 Å². The fourth-order valence-corrected chi connectivity index (χ4v) is 2.17. The van der Waals surface area contributed by atoms with Crippen LogP contribution in [0.5, 0.6) is 0 Å². The summed E-state index contributed by atoms with van der Waals surface area (Å²) in [6, 6.07) is 13.8. The lowest BCUT2D eigenvalue weighted by atomic mass is 10.1. The van der Waals surface area contributed by atoms with Crippen molar-refractivity contribution in [1.82, 2.24) is 9.88 Å². The van der Waals surface area contributed by atoms with E-state index in [1.165, 1.54) is 0 Å². The molecule has 110 valence electrons. The molecule has 0 aliphatic rings.